The zero-order valence-electron chi connectivity index (χ0n) is 15.6. The van der Waals surface area contributed by atoms with Gasteiger partial charge in [0.1, 0.15) is 5.75 Å². The zero-order chi connectivity index (χ0) is 18.4. The van der Waals surface area contributed by atoms with Gasteiger partial charge < -0.3 is 20.7 Å². The molecule has 0 unspecified atom stereocenters. The number of nitrogens with two attached hydrogens (primary N) is 1. The van der Waals surface area contributed by atoms with Gasteiger partial charge in [-0.25, -0.2) is 4.99 Å². The number of anilines is 2. The van der Waals surface area contributed by atoms with E-state index in [9.17, 15) is 0 Å². The first-order valence-corrected chi connectivity index (χ1v) is 9.19. The molecular formula is C21H28N4O. The number of piperidine rings is 1. The van der Waals surface area contributed by atoms with Crippen LogP contribution in [-0.4, -0.2) is 26.2 Å². The van der Waals surface area contributed by atoms with Crippen LogP contribution in [-0.2, 0) is 6.54 Å². The van der Waals surface area contributed by atoms with Crippen molar-refractivity contribution in [3.63, 3.8) is 0 Å². The Morgan fingerprint density at radius 3 is 2.54 bits per heavy atom. The fourth-order valence-electron chi connectivity index (χ4n) is 3.18. The standard InChI is InChI=1S/C21H28N4O/c1-16-11-13-25(14-12-16)18-9-7-17(8-10-18)15-23-21(22)24-19-5-3-4-6-20(19)26-2/h3-10,16H,11-15H2,1-2H3,(H3,22,23,24). The van der Waals surface area contributed by atoms with E-state index in [0.717, 1.165) is 36.0 Å². The fourth-order valence-corrected chi connectivity index (χ4v) is 3.18. The molecule has 0 atom stereocenters. The summed E-state index contributed by atoms with van der Waals surface area (Å²) in [7, 11) is 1.64. The van der Waals surface area contributed by atoms with E-state index in [2.05, 4.69) is 46.4 Å². The SMILES string of the molecule is COc1ccccc1NC(N)=NCc1ccc(N2CCC(C)CC2)cc1. The maximum Gasteiger partial charge on any atom is 0.193 e. The van der Waals surface area contributed by atoms with Gasteiger partial charge in [-0.2, -0.15) is 0 Å². The number of guanidine groups is 1. The number of ether oxygens (including phenoxy) is 1. The molecule has 138 valence electrons. The molecule has 0 radical (unpaired) electrons. The van der Waals surface area contributed by atoms with Crippen molar-refractivity contribution in [2.75, 3.05) is 30.4 Å². The molecule has 2 aromatic carbocycles. The number of rotatable bonds is 5. The first-order valence-electron chi connectivity index (χ1n) is 9.19. The third kappa shape index (κ3) is 4.69. The molecule has 5 heteroatoms. The number of hydrogen-bond donors (Lipinski definition) is 2. The molecule has 0 aromatic heterocycles. The lowest BCUT2D eigenvalue weighted by Gasteiger charge is -2.32. The second kappa shape index (κ2) is 8.61. The van der Waals surface area contributed by atoms with Gasteiger partial charge in [0.05, 0.1) is 19.3 Å². The maximum absolute atomic E-state index is 6.01. The molecule has 5 nitrogen and oxygen atoms in total. The second-order valence-electron chi connectivity index (χ2n) is 6.86. The van der Waals surface area contributed by atoms with Crippen molar-refractivity contribution in [1.29, 1.82) is 0 Å². The van der Waals surface area contributed by atoms with E-state index in [-0.39, 0.29) is 0 Å². The highest BCUT2D eigenvalue weighted by Gasteiger charge is 2.15. The van der Waals surface area contributed by atoms with Crippen LogP contribution < -0.4 is 20.7 Å². The van der Waals surface area contributed by atoms with Gasteiger partial charge in [0.25, 0.3) is 0 Å². The van der Waals surface area contributed by atoms with E-state index < -0.39 is 0 Å². The largest absolute Gasteiger partial charge is 0.495 e. The quantitative estimate of drug-likeness (QED) is 0.634. The summed E-state index contributed by atoms with van der Waals surface area (Å²) in [6, 6.07) is 16.3. The molecule has 0 aliphatic carbocycles. The Balaban J connectivity index is 1.57. The van der Waals surface area contributed by atoms with Crippen LogP contribution in [0.1, 0.15) is 25.3 Å². The van der Waals surface area contributed by atoms with Crippen LogP contribution in [0.15, 0.2) is 53.5 Å². The first-order chi connectivity index (χ1) is 12.7. The fraction of sp³-hybridized carbons (Fsp3) is 0.381. The number of nitrogens with zero attached hydrogens (tertiary/aromatic N) is 2. The molecule has 1 aliphatic rings. The Bertz CT molecular complexity index is 734. The van der Waals surface area contributed by atoms with Gasteiger partial charge in [0.15, 0.2) is 5.96 Å². The number of para-hydroxylation sites is 2. The molecule has 0 spiro atoms. The molecule has 26 heavy (non-hydrogen) atoms. The maximum atomic E-state index is 6.01. The number of benzene rings is 2. The molecule has 3 N–H and O–H groups in total. The molecule has 0 bridgehead atoms. The van der Waals surface area contributed by atoms with Gasteiger partial charge in [0.2, 0.25) is 0 Å². The van der Waals surface area contributed by atoms with E-state index in [4.69, 9.17) is 10.5 Å². The Morgan fingerprint density at radius 2 is 1.85 bits per heavy atom. The lowest BCUT2D eigenvalue weighted by Crippen LogP contribution is -2.32. The molecule has 0 amide bonds. The van der Waals surface area contributed by atoms with Crippen molar-refractivity contribution in [1.82, 2.24) is 0 Å². The Morgan fingerprint density at radius 1 is 1.15 bits per heavy atom. The molecule has 3 rings (SSSR count). The predicted molar refractivity (Wildman–Crippen MR) is 109 cm³/mol. The Labute approximate surface area is 155 Å². The van der Waals surface area contributed by atoms with Crippen molar-refractivity contribution < 1.29 is 4.74 Å². The molecule has 2 aromatic rings. The number of nitrogens with one attached hydrogen (secondary N) is 1. The van der Waals surface area contributed by atoms with Crippen LogP contribution in [0, 0.1) is 5.92 Å². The normalized spacial score (nSPS) is 15.8. The molecule has 0 saturated carbocycles. The van der Waals surface area contributed by atoms with Gasteiger partial charge in [-0.1, -0.05) is 31.2 Å². The van der Waals surface area contributed by atoms with E-state index >= 15 is 0 Å². The highest BCUT2D eigenvalue weighted by Crippen LogP contribution is 2.24. The topological polar surface area (TPSA) is 62.9 Å². The van der Waals surface area contributed by atoms with Crippen molar-refractivity contribution in [3.05, 3.63) is 54.1 Å². The molecule has 1 heterocycles. The molecular weight excluding hydrogens is 324 g/mol. The summed E-state index contributed by atoms with van der Waals surface area (Å²) in [4.78, 5) is 6.89. The van der Waals surface area contributed by atoms with Gasteiger partial charge >= 0.3 is 0 Å². The number of hydrogen-bond acceptors (Lipinski definition) is 3. The Kier molecular flexibility index (Phi) is 6.00. The highest BCUT2D eigenvalue weighted by molar-refractivity contribution is 5.93. The first kappa shape index (κ1) is 18.1. The third-order valence-corrected chi connectivity index (χ3v) is 4.89. The summed E-state index contributed by atoms with van der Waals surface area (Å²) in [6.45, 7) is 5.18. The monoisotopic (exact) mass is 352 g/mol. The minimum absolute atomic E-state index is 0.378. The average molecular weight is 352 g/mol. The van der Waals surface area contributed by atoms with E-state index in [1.165, 1.54) is 18.5 Å². The lowest BCUT2D eigenvalue weighted by molar-refractivity contribution is 0.417. The van der Waals surface area contributed by atoms with Crippen molar-refractivity contribution in [2.45, 2.75) is 26.3 Å². The average Bonchev–Trinajstić information content (AvgIpc) is 2.68. The van der Waals surface area contributed by atoms with Crippen LogP contribution in [0.3, 0.4) is 0 Å². The minimum Gasteiger partial charge on any atom is -0.495 e. The summed E-state index contributed by atoms with van der Waals surface area (Å²) in [5.74, 6) is 1.97. The zero-order valence-corrected chi connectivity index (χ0v) is 15.6. The number of aliphatic imine (C=N–C) groups is 1. The van der Waals surface area contributed by atoms with Crippen LogP contribution in [0.5, 0.6) is 5.75 Å². The minimum atomic E-state index is 0.378. The summed E-state index contributed by atoms with van der Waals surface area (Å²) in [5, 5.41) is 3.09. The third-order valence-electron chi connectivity index (χ3n) is 4.89. The lowest BCUT2D eigenvalue weighted by atomic mass is 9.99. The van der Waals surface area contributed by atoms with Gasteiger partial charge in [-0.05, 0) is 48.6 Å². The van der Waals surface area contributed by atoms with Crippen molar-refractivity contribution in [2.24, 2.45) is 16.6 Å². The second-order valence-corrected chi connectivity index (χ2v) is 6.86. The highest BCUT2D eigenvalue weighted by atomic mass is 16.5. The Hall–Kier alpha value is -2.69. The van der Waals surface area contributed by atoms with Crippen LogP contribution >= 0.6 is 0 Å². The smallest absolute Gasteiger partial charge is 0.193 e. The summed E-state index contributed by atoms with van der Waals surface area (Å²) in [6.07, 6.45) is 2.55. The molecule has 1 saturated heterocycles. The van der Waals surface area contributed by atoms with Crippen LogP contribution in [0.25, 0.3) is 0 Å². The van der Waals surface area contributed by atoms with Crippen molar-refractivity contribution >= 4 is 17.3 Å². The molecule has 1 aliphatic heterocycles. The summed E-state index contributed by atoms with van der Waals surface area (Å²) >= 11 is 0. The van der Waals surface area contributed by atoms with Gasteiger partial charge in [0, 0.05) is 18.8 Å². The summed E-state index contributed by atoms with van der Waals surface area (Å²) in [5.41, 5.74) is 9.26. The van der Waals surface area contributed by atoms with E-state index in [1.807, 2.05) is 24.3 Å². The van der Waals surface area contributed by atoms with E-state index in [0.29, 0.717) is 12.5 Å². The molecule has 1 fully saturated rings. The van der Waals surface area contributed by atoms with Crippen molar-refractivity contribution in [3.8, 4) is 5.75 Å². The van der Waals surface area contributed by atoms with Crippen LogP contribution in [0.2, 0.25) is 0 Å². The summed E-state index contributed by atoms with van der Waals surface area (Å²) < 4.78 is 5.31. The van der Waals surface area contributed by atoms with Crippen LogP contribution in [0.4, 0.5) is 11.4 Å². The van der Waals surface area contributed by atoms with E-state index in [1.54, 1.807) is 7.11 Å². The predicted octanol–water partition coefficient (Wildman–Crippen LogP) is 3.86. The number of methoxy groups -OCH3 is 1. The van der Waals surface area contributed by atoms with Gasteiger partial charge in [-0.15, -0.1) is 0 Å². The van der Waals surface area contributed by atoms with Gasteiger partial charge in [-0.3, -0.25) is 0 Å².